The minimum absolute atomic E-state index is 0.295. The van der Waals surface area contributed by atoms with Gasteiger partial charge >= 0.3 is 0 Å². The molecule has 1 rings (SSSR count). The molecular formula is C13H20N2O3S. The summed E-state index contributed by atoms with van der Waals surface area (Å²) in [6, 6.07) is 7.85. The maximum absolute atomic E-state index is 11.9. The molecule has 0 radical (unpaired) electrons. The fourth-order valence-electron chi connectivity index (χ4n) is 1.78. The predicted molar refractivity (Wildman–Crippen MR) is 76.5 cm³/mol. The van der Waals surface area contributed by atoms with Crippen LogP contribution in [0.4, 0.5) is 5.69 Å². The number of hydrogen-bond donors (Lipinski definition) is 1. The van der Waals surface area contributed by atoms with Crippen molar-refractivity contribution in [1.82, 2.24) is 5.32 Å². The Morgan fingerprint density at radius 3 is 2.37 bits per heavy atom. The predicted octanol–water partition coefficient (Wildman–Crippen LogP) is 1.37. The second-order valence-electron chi connectivity index (χ2n) is 4.36. The molecule has 0 fully saturated rings. The van der Waals surface area contributed by atoms with E-state index in [1.165, 1.54) is 0 Å². The van der Waals surface area contributed by atoms with E-state index in [9.17, 15) is 13.2 Å². The molecule has 0 spiro atoms. The maximum atomic E-state index is 11.9. The van der Waals surface area contributed by atoms with E-state index in [-0.39, 0.29) is 5.91 Å². The third-order valence-electron chi connectivity index (χ3n) is 2.65. The Kier molecular flexibility index (Phi) is 5.35. The third-order valence-corrected chi connectivity index (χ3v) is 3.89. The van der Waals surface area contributed by atoms with Gasteiger partial charge in [-0.1, -0.05) is 25.1 Å². The highest BCUT2D eigenvalue weighted by Crippen LogP contribution is 2.19. The Hall–Kier alpha value is -1.56. The van der Waals surface area contributed by atoms with Crippen molar-refractivity contribution in [3.63, 3.8) is 0 Å². The van der Waals surface area contributed by atoms with E-state index in [2.05, 4.69) is 5.32 Å². The Bertz CT molecular complexity index is 514. The van der Waals surface area contributed by atoms with E-state index in [1.54, 1.807) is 37.3 Å². The number of nitrogens with zero attached hydrogens (tertiary/aromatic N) is 1. The normalized spacial score (nSPS) is 12.8. The molecule has 1 aromatic rings. The summed E-state index contributed by atoms with van der Waals surface area (Å²) in [4.78, 5) is 11.9. The van der Waals surface area contributed by atoms with Gasteiger partial charge in [0.05, 0.1) is 11.9 Å². The molecule has 1 atom stereocenters. The van der Waals surface area contributed by atoms with Crippen molar-refractivity contribution in [1.29, 1.82) is 0 Å². The van der Waals surface area contributed by atoms with Crippen molar-refractivity contribution in [2.75, 3.05) is 17.1 Å². The highest BCUT2D eigenvalue weighted by molar-refractivity contribution is 7.92. The molecule has 0 aliphatic carbocycles. The molecular weight excluding hydrogens is 264 g/mol. The van der Waals surface area contributed by atoms with Crippen LogP contribution < -0.4 is 9.62 Å². The van der Waals surface area contributed by atoms with Gasteiger partial charge in [0.2, 0.25) is 15.9 Å². The summed E-state index contributed by atoms with van der Waals surface area (Å²) >= 11 is 0. The molecule has 6 heteroatoms. The zero-order valence-corrected chi connectivity index (χ0v) is 12.3. The number of hydrogen-bond acceptors (Lipinski definition) is 3. The maximum Gasteiger partial charge on any atom is 0.243 e. The lowest BCUT2D eigenvalue weighted by Gasteiger charge is -2.28. The molecule has 0 saturated heterocycles. The van der Waals surface area contributed by atoms with E-state index in [0.29, 0.717) is 12.2 Å². The van der Waals surface area contributed by atoms with Crippen LogP contribution >= 0.6 is 0 Å². The smallest absolute Gasteiger partial charge is 0.243 e. The summed E-state index contributed by atoms with van der Waals surface area (Å²) in [5.41, 5.74) is 0.490. The number of anilines is 1. The van der Waals surface area contributed by atoms with Crippen LogP contribution in [-0.2, 0) is 14.8 Å². The van der Waals surface area contributed by atoms with Crippen molar-refractivity contribution in [2.45, 2.75) is 26.3 Å². The summed E-state index contributed by atoms with van der Waals surface area (Å²) in [5, 5.41) is 2.71. The van der Waals surface area contributed by atoms with Crippen LogP contribution in [0, 0.1) is 0 Å². The molecule has 1 N–H and O–H groups in total. The van der Waals surface area contributed by atoms with Crippen LogP contribution in [0.2, 0.25) is 0 Å². The van der Waals surface area contributed by atoms with Gasteiger partial charge in [0.1, 0.15) is 6.04 Å². The lowest BCUT2D eigenvalue weighted by atomic mass is 10.2. The van der Waals surface area contributed by atoms with Crippen LogP contribution in [0.3, 0.4) is 0 Å². The summed E-state index contributed by atoms with van der Waals surface area (Å²) < 4.78 is 24.9. The third kappa shape index (κ3) is 4.24. The number of sulfonamides is 1. The van der Waals surface area contributed by atoms with Crippen molar-refractivity contribution in [3.05, 3.63) is 30.3 Å². The van der Waals surface area contributed by atoms with E-state index < -0.39 is 16.1 Å². The van der Waals surface area contributed by atoms with Crippen LogP contribution in [0.15, 0.2) is 30.3 Å². The molecule has 19 heavy (non-hydrogen) atoms. The summed E-state index contributed by atoms with van der Waals surface area (Å²) in [7, 11) is -3.51. The number of carbonyl (C=O) groups is 1. The Morgan fingerprint density at radius 2 is 1.89 bits per heavy atom. The molecule has 0 unspecified atom stereocenters. The lowest BCUT2D eigenvalue weighted by Crippen LogP contribution is -2.48. The van der Waals surface area contributed by atoms with Gasteiger partial charge in [-0.25, -0.2) is 8.42 Å². The number of nitrogens with one attached hydrogen (secondary N) is 1. The number of carbonyl (C=O) groups excluding carboxylic acids is 1. The van der Waals surface area contributed by atoms with Gasteiger partial charge in [0.25, 0.3) is 0 Å². The monoisotopic (exact) mass is 284 g/mol. The molecule has 0 bridgehead atoms. The zero-order valence-electron chi connectivity index (χ0n) is 11.5. The first-order valence-corrected chi connectivity index (χ1v) is 8.05. The second kappa shape index (κ2) is 6.56. The average Bonchev–Trinajstić information content (AvgIpc) is 2.35. The Labute approximate surface area is 114 Å². The SMILES string of the molecule is CCCNC(=O)[C@@H](C)N(c1ccccc1)S(C)(=O)=O. The molecule has 1 aromatic carbocycles. The largest absolute Gasteiger partial charge is 0.354 e. The quantitative estimate of drug-likeness (QED) is 0.858. The molecule has 1 amide bonds. The summed E-state index contributed by atoms with van der Waals surface area (Å²) in [5.74, 6) is -0.295. The van der Waals surface area contributed by atoms with E-state index >= 15 is 0 Å². The van der Waals surface area contributed by atoms with Crippen molar-refractivity contribution < 1.29 is 13.2 Å². The number of rotatable bonds is 6. The number of benzene rings is 1. The first-order valence-electron chi connectivity index (χ1n) is 6.20. The molecule has 0 heterocycles. The zero-order chi connectivity index (χ0) is 14.5. The fourth-order valence-corrected chi connectivity index (χ4v) is 2.95. The van der Waals surface area contributed by atoms with Gasteiger partial charge < -0.3 is 5.32 Å². The summed E-state index contributed by atoms with van der Waals surface area (Å²) in [6.45, 7) is 4.06. The van der Waals surface area contributed by atoms with Crippen LogP contribution in [0.5, 0.6) is 0 Å². The summed E-state index contributed by atoms with van der Waals surface area (Å²) in [6.07, 6.45) is 1.91. The first-order chi connectivity index (χ1) is 8.88. The van der Waals surface area contributed by atoms with Crippen LogP contribution in [0.25, 0.3) is 0 Å². The topological polar surface area (TPSA) is 66.5 Å². The van der Waals surface area contributed by atoms with Crippen molar-refractivity contribution in [3.8, 4) is 0 Å². The van der Waals surface area contributed by atoms with Crippen LogP contribution in [0.1, 0.15) is 20.3 Å². The Morgan fingerprint density at radius 1 is 1.32 bits per heavy atom. The van der Waals surface area contributed by atoms with E-state index in [0.717, 1.165) is 17.0 Å². The number of amides is 1. The minimum atomic E-state index is -3.51. The Balaban J connectivity index is 3.03. The van der Waals surface area contributed by atoms with Gasteiger partial charge in [-0.3, -0.25) is 9.10 Å². The average molecular weight is 284 g/mol. The van der Waals surface area contributed by atoms with Crippen LogP contribution in [-0.4, -0.2) is 33.2 Å². The highest BCUT2D eigenvalue weighted by atomic mass is 32.2. The first kappa shape index (κ1) is 15.5. The van der Waals surface area contributed by atoms with Crippen molar-refractivity contribution in [2.24, 2.45) is 0 Å². The molecule has 106 valence electrons. The lowest BCUT2D eigenvalue weighted by molar-refractivity contribution is -0.121. The molecule has 0 saturated carbocycles. The molecule has 5 nitrogen and oxygen atoms in total. The standard InChI is InChI=1S/C13H20N2O3S/c1-4-10-14-13(16)11(2)15(19(3,17)18)12-8-6-5-7-9-12/h5-9,11H,4,10H2,1-3H3,(H,14,16)/t11-/m1/s1. The van der Waals surface area contributed by atoms with E-state index in [4.69, 9.17) is 0 Å². The van der Waals surface area contributed by atoms with Gasteiger partial charge in [0, 0.05) is 6.54 Å². The van der Waals surface area contributed by atoms with Gasteiger partial charge in [-0.15, -0.1) is 0 Å². The number of para-hydroxylation sites is 1. The molecule has 0 aliphatic heterocycles. The van der Waals surface area contributed by atoms with E-state index in [1.807, 2.05) is 6.92 Å². The second-order valence-corrected chi connectivity index (χ2v) is 6.22. The van der Waals surface area contributed by atoms with Gasteiger partial charge in [0.15, 0.2) is 0 Å². The highest BCUT2D eigenvalue weighted by Gasteiger charge is 2.28. The molecule has 0 aromatic heterocycles. The molecule has 0 aliphatic rings. The van der Waals surface area contributed by atoms with Gasteiger partial charge in [-0.2, -0.15) is 0 Å². The fraction of sp³-hybridized carbons (Fsp3) is 0.462. The van der Waals surface area contributed by atoms with Gasteiger partial charge in [-0.05, 0) is 25.5 Å². The van der Waals surface area contributed by atoms with Crippen molar-refractivity contribution >= 4 is 21.6 Å². The minimum Gasteiger partial charge on any atom is -0.354 e.